The van der Waals surface area contributed by atoms with E-state index in [1.807, 2.05) is 0 Å². The van der Waals surface area contributed by atoms with E-state index in [-0.39, 0.29) is 22.7 Å². The Morgan fingerprint density at radius 2 is 2.30 bits per heavy atom. The van der Waals surface area contributed by atoms with Crippen molar-refractivity contribution < 1.29 is 4.74 Å². The predicted molar refractivity (Wildman–Crippen MR) is 79.2 cm³/mol. The molecule has 7 heteroatoms. The number of halogens is 1. The number of hydrogen-bond acceptors (Lipinski definition) is 5. The summed E-state index contributed by atoms with van der Waals surface area (Å²) in [6.07, 6.45) is 5.86. The molecule has 3 N–H and O–H groups in total. The van der Waals surface area contributed by atoms with Gasteiger partial charge in [-0.2, -0.15) is 5.10 Å². The van der Waals surface area contributed by atoms with Crippen LogP contribution in [0.15, 0.2) is 11.0 Å². The number of hydrogen-bond donors (Lipinski definition) is 2. The van der Waals surface area contributed by atoms with Crippen molar-refractivity contribution in [3.63, 3.8) is 0 Å². The van der Waals surface area contributed by atoms with Crippen molar-refractivity contribution >= 4 is 17.3 Å². The molecule has 1 saturated carbocycles. The molecule has 6 nitrogen and oxygen atoms in total. The third-order valence-electron chi connectivity index (χ3n) is 3.65. The van der Waals surface area contributed by atoms with Gasteiger partial charge in [-0.15, -0.1) is 0 Å². The van der Waals surface area contributed by atoms with Crippen LogP contribution in [0.4, 0.5) is 5.69 Å². The summed E-state index contributed by atoms with van der Waals surface area (Å²) in [6, 6.07) is 0.244. The number of ether oxygens (including phenoxy) is 1. The Hall–Kier alpha value is -1.11. The van der Waals surface area contributed by atoms with Crippen LogP contribution in [0, 0.1) is 0 Å². The molecule has 1 aliphatic rings. The largest absolute Gasteiger partial charge is 0.383 e. The molecule has 0 spiro atoms. The monoisotopic (exact) mass is 300 g/mol. The fourth-order valence-corrected chi connectivity index (χ4v) is 2.64. The molecule has 0 bridgehead atoms. The molecule has 1 aromatic rings. The molecule has 1 fully saturated rings. The van der Waals surface area contributed by atoms with E-state index in [4.69, 9.17) is 22.1 Å². The number of rotatable bonds is 5. The van der Waals surface area contributed by atoms with Gasteiger partial charge in [0.2, 0.25) is 0 Å². The lowest BCUT2D eigenvalue weighted by Gasteiger charge is -2.30. The van der Waals surface area contributed by atoms with Crippen LogP contribution in [-0.2, 0) is 11.3 Å². The van der Waals surface area contributed by atoms with Gasteiger partial charge in [-0.3, -0.25) is 4.79 Å². The number of nitrogens with one attached hydrogen (secondary N) is 1. The minimum absolute atomic E-state index is 0.0933. The van der Waals surface area contributed by atoms with Gasteiger partial charge in [0.25, 0.3) is 5.56 Å². The topological polar surface area (TPSA) is 82.2 Å². The first-order chi connectivity index (χ1) is 9.63. The highest BCUT2D eigenvalue weighted by atomic mass is 35.5. The molecule has 112 valence electrons. The molecule has 0 amide bonds. The average Bonchev–Trinajstić information content (AvgIpc) is 2.45. The van der Waals surface area contributed by atoms with Crippen LogP contribution in [0.3, 0.4) is 0 Å². The molecule has 2 atom stereocenters. The van der Waals surface area contributed by atoms with Crippen LogP contribution in [-0.4, -0.2) is 35.6 Å². The molecule has 0 saturated heterocycles. The predicted octanol–water partition coefficient (Wildman–Crippen LogP) is 1.22. The summed E-state index contributed by atoms with van der Waals surface area (Å²) in [7, 11) is 1.58. The van der Waals surface area contributed by atoms with Gasteiger partial charge in [0, 0.05) is 19.2 Å². The van der Waals surface area contributed by atoms with Crippen LogP contribution < -0.4 is 16.6 Å². The van der Waals surface area contributed by atoms with Crippen molar-refractivity contribution in [3.05, 3.63) is 21.6 Å². The maximum Gasteiger partial charge on any atom is 0.287 e. The highest BCUT2D eigenvalue weighted by Crippen LogP contribution is 2.23. The Morgan fingerprint density at radius 1 is 1.55 bits per heavy atom. The molecule has 1 heterocycles. The summed E-state index contributed by atoms with van der Waals surface area (Å²) in [5, 5.41) is 7.52. The maximum absolute atomic E-state index is 12.1. The van der Waals surface area contributed by atoms with E-state index in [1.54, 1.807) is 13.3 Å². The Bertz CT molecular complexity index is 506. The molecular formula is C13H21ClN4O2. The SMILES string of the molecule is COCCn1ncc(N[C@@H]2CCCC[C@H]2N)c(Cl)c1=O. The summed E-state index contributed by atoms with van der Waals surface area (Å²) in [6.45, 7) is 0.807. The number of nitrogens with zero attached hydrogens (tertiary/aromatic N) is 2. The molecule has 2 rings (SSSR count). The van der Waals surface area contributed by atoms with Crippen LogP contribution in [0.25, 0.3) is 0 Å². The number of anilines is 1. The molecule has 0 aromatic carbocycles. The summed E-state index contributed by atoms with van der Waals surface area (Å²) in [5.74, 6) is 0. The van der Waals surface area contributed by atoms with Crippen molar-refractivity contribution in [1.82, 2.24) is 9.78 Å². The first-order valence-electron chi connectivity index (χ1n) is 6.90. The normalized spacial score (nSPS) is 22.8. The Kier molecular flexibility index (Phi) is 5.39. The second kappa shape index (κ2) is 7.06. The fraction of sp³-hybridized carbons (Fsp3) is 0.692. The molecule has 0 aliphatic heterocycles. The lowest BCUT2D eigenvalue weighted by molar-refractivity contribution is 0.182. The van der Waals surface area contributed by atoms with E-state index in [2.05, 4.69) is 10.4 Å². The van der Waals surface area contributed by atoms with E-state index in [0.717, 1.165) is 25.7 Å². The van der Waals surface area contributed by atoms with Crippen LogP contribution >= 0.6 is 11.6 Å². The number of methoxy groups -OCH3 is 1. The molecular weight excluding hydrogens is 280 g/mol. The highest BCUT2D eigenvalue weighted by Gasteiger charge is 2.23. The second-order valence-electron chi connectivity index (χ2n) is 5.09. The minimum atomic E-state index is -0.307. The quantitative estimate of drug-likeness (QED) is 0.854. The van der Waals surface area contributed by atoms with Gasteiger partial charge in [-0.05, 0) is 12.8 Å². The molecule has 1 aromatic heterocycles. The molecule has 0 radical (unpaired) electrons. The Labute approximate surface area is 123 Å². The van der Waals surface area contributed by atoms with Crippen LogP contribution in [0.1, 0.15) is 25.7 Å². The van der Waals surface area contributed by atoms with Crippen molar-refractivity contribution in [2.75, 3.05) is 19.0 Å². The van der Waals surface area contributed by atoms with Crippen molar-refractivity contribution in [2.24, 2.45) is 5.73 Å². The van der Waals surface area contributed by atoms with Crippen molar-refractivity contribution in [1.29, 1.82) is 0 Å². The second-order valence-corrected chi connectivity index (χ2v) is 5.47. The minimum Gasteiger partial charge on any atom is -0.383 e. The number of aromatic nitrogens is 2. The Balaban J connectivity index is 2.12. The number of nitrogens with two attached hydrogens (primary N) is 1. The van der Waals surface area contributed by atoms with Crippen molar-refractivity contribution in [3.8, 4) is 0 Å². The van der Waals surface area contributed by atoms with Crippen molar-refractivity contribution in [2.45, 2.75) is 44.3 Å². The van der Waals surface area contributed by atoms with Gasteiger partial charge in [-0.1, -0.05) is 24.4 Å². The molecule has 0 unspecified atom stereocenters. The standard InChI is InChI=1S/C13H21ClN4O2/c1-20-7-6-18-13(19)12(14)11(8-16-18)17-10-5-3-2-4-9(10)15/h8-10,17H,2-7,15H2,1H3/t9-,10-/m1/s1. The summed E-state index contributed by atoms with van der Waals surface area (Å²) in [4.78, 5) is 12.1. The van der Waals surface area contributed by atoms with Crippen LogP contribution in [0.5, 0.6) is 0 Å². The van der Waals surface area contributed by atoms with Crippen LogP contribution in [0.2, 0.25) is 5.02 Å². The summed E-state index contributed by atoms with van der Waals surface area (Å²) >= 11 is 6.13. The lowest BCUT2D eigenvalue weighted by atomic mass is 9.91. The van der Waals surface area contributed by atoms with Gasteiger partial charge in [0.15, 0.2) is 0 Å². The zero-order valence-electron chi connectivity index (χ0n) is 11.6. The maximum atomic E-state index is 12.1. The molecule has 1 aliphatic carbocycles. The smallest absolute Gasteiger partial charge is 0.287 e. The third kappa shape index (κ3) is 3.50. The highest BCUT2D eigenvalue weighted by molar-refractivity contribution is 6.32. The third-order valence-corrected chi connectivity index (χ3v) is 4.02. The fourth-order valence-electron chi connectivity index (χ4n) is 2.44. The lowest BCUT2D eigenvalue weighted by Crippen LogP contribution is -2.43. The van der Waals surface area contributed by atoms with Gasteiger partial charge in [-0.25, -0.2) is 4.68 Å². The van der Waals surface area contributed by atoms with E-state index < -0.39 is 0 Å². The Morgan fingerprint density at radius 3 is 3.00 bits per heavy atom. The average molecular weight is 301 g/mol. The summed E-state index contributed by atoms with van der Waals surface area (Å²) < 4.78 is 6.23. The first-order valence-corrected chi connectivity index (χ1v) is 7.28. The van der Waals surface area contributed by atoms with Gasteiger partial charge in [0.05, 0.1) is 25.0 Å². The van der Waals surface area contributed by atoms with Gasteiger partial charge in [0.1, 0.15) is 5.02 Å². The van der Waals surface area contributed by atoms with Gasteiger partial charge >= 0.3 is 0 Å². The van der Waals surface area contributed by atoms with Gasteiger partial charge < -0.3 is 15.8 Å². The first kappa shape index (κ1) is 15.3. The van der Waals surface area contributed by atoms with E-state index >= 15 is 0 Å². The van der Waals surface area contributed by atoms with E-state index in [9.17, 15) is 4.79 Å². The van der Waals surface area contributed by atoms with E-state index in [0.29, 0.717) is 18.8 Å². The van der Waals surface area contributed by atoms with E-state index in [1.165, 1.54) is 4.68 Å². The zero-order chi connectivity index (χ0) is 14.5. The molecule has 20 heavy (non-hydrogen) atoms. The summed E-state index contributed by atoms with van der Waals surface area (Å²) in [5.41, 5.74) is 6.34. The zero-order valence-corrected chi connectivity index (χ0v) is 12.4.